The van der Waals surface area contributed by atoms with Gasteiger partial charge in [0.05, 0.1) is 16.9 Å². The fourth-order valence-corrected chi connectivity index (χ4v) is 3.02. The van der Waals surface area contributed by atoms with Gasteiger partial charge in [0.25, 0.3) is 0 Å². The molecule has 27 heavy (non-hydrogen) atoms. The van der Waals surface area contributed by atoms with Crippen molar-refractivity contribution in [2.75, 3.05) is 11.1 Å². The lowest BCUT2D eigenvalue weighted by Gasteiger charge is -2.20. The minimum atomic E-state index is -0.580. The first-order valence-electron chi connectivity index (χ1n) is 8.44. The summed E-state index contributed by atoms with van der Waals surface area (Å²) in [6.45, 7) is 7.34. The first-order chi connectivity index (χ1) is 12.6. The number of carbonyl (C=O) groups excluding carboxylic acids is 1. The molecule has 0 saturated heterocycles. The van der Waals surface area contributed by atoms with E-state index in [-0.39, 0.29) is 0 Å². The summed E-state index contributed by atoms with van der Waals surface area (Å²) in [5.74, 6) is 0.422. The Morgan fingerprint density at radius 3 is 2.63 bits per heavy atom. The molecule has 0 fully saturated rings. The quantitative estimate of drug-likeness (QED) is 0.634. The number of benzene rings is 1. The second-order valence-electron chi connectivity index (χ2n) is 7.27. The van der Waals surface area contributed by atoms with Crippen LogP contribution in [0.3, 0.4) is 0 Å². The molecule has 140 valence electrons. The molecule has 2 aromatic heterocycles. The number of halogens is 1. The molecule has 2 heterocycles. The van der Waals surface area contributed by atoms with Crippen LogP contribution < -0.4 is 11.1 Å². The summed E-state index contributed by atoms with van der Waals surface area (Å²) >= 11 is 6.42. The summed E-state index contributed by atoms with van der Waals surface area (Å²) in [5.41, 5.74) is 8.37. The van der Waals surface area contributed by atoms with Gasteiger partial charge in [0.15, 0.2) is 0 Å². The van der Waals surface area contributed by atoms with E-state index in [1.807, 2.05) is 39.8 Å². The number of anilines is 2. The summed E-state index contributed by atoms with van der Waals surface area (Å²) in [5, 5.41) is 5.03. The number of rotatable bonds is 2. The van der Waals surface area contributed by atoms with Gasteiger partial charge in [-0.3, -0.25) is 10.3 Å². The average Bonchev–Trinajstić information content (AvgIpc) is 2.54. The number of ether oxygens (including phenoxy) is 1. The molecule has 0 aliphatic carbocycles. The smallest absolute Gasteiger partial charge is 0.412 e. The number of nitrogen functional groups attached to an aromatic ring is 1. The van der Waals surface area contributed by atoms with E-state index >= 15 is 0 Å². The standard InChI is InChI=1S/C20H21ClN4O2/c1-11-14(8-23-10-17(11)25-19(26)27-20(2,3)4)12-5-13-7-18(22)24-9-15(13)16(21)6-12/h5-10H,1-4H3,(H2,22,24)(H,25,26). The number of nitrogens with one attached hydrogen (secondary N) is 1. The number of aromatic nitrogens is 2. The van der Waals surface area contributed by atoms with Crippen LogP contribution in [0.15, 0.2) is 36.8 Å². The van der Waals surface area contributed by atoms with Gasteiger partial charge in [0.1, 0.15) is 11.4 Å². The summed E-state index contributed by atoms with van der Waals surface area (Å²) in [7, 11) is 0. The molecule has 6 nitrogen and oxygen atoms in total. The van der Waals surface area contributed by atoms with E-state index in [1.54, 1.807) is 24.7 Å². The predicted octanol–water partition coefficient (Wildman–Crippen LogP) is 5.19. The Kier molecular flexibility index (Phi) is 4.93. The molecule has 7 heteroatoms. The molecule has 3 rings (SSSR count). The normalized spacial score (nSPS) is 11.4. The lowest BCUT2D eigenvalue weighted by Crippen LogP contribution is -2.27. The number of nitrogens with zero attached hydrogens (tertiary/aromatic N) is 2. The number of carbonyl (C=O) groups is 1. The largest absolute Gasteiger partial charge is 0.444 e. The molecule has 0 aliphatic rings. The van der Waals surface area contributed by atoms with Gasteiger partial charge in [-0.1, -0.05) is 11.6 Å². The second kappa shape index (κ2) is 7.04. The van der Waals surface area contributed by atoms with E-state index in [2.05, 4.69) is 15.3 Å². The highest BCUT2D eigenvalue weighted by Crippen LogP contribution is 2.34. The molecule has 0 atom stereocenters. The van der Waals surface area contributed by atoms with Crippen LogP contribution in [0.25, 0.3) is 21.9 Å². The molecule has 3 aromatic rings. The second-order valence-corrected chi connectivity index (χ2v) is 7.68. The van der Waals surface area contributed by atoms with Gasteiger partial charge in [-0.2, -0.15) is 0 Å². The first kappa shape index (κ1) is 18.9. The molecule has 1 aromatic carbocycles. The molecule has 3 N–H and O–H groups in total. The molecule has 0 aliphatic heterocycles. The van der Waals surface area contributed by atoms with Crippen molar-refractivity contribution in [3.8, 4) is 11.1 Å². The van der Waals surface area contributed by atoms with Gasteiger partial charge in [-0.15, -0.1) is 0 Å². The van der Waals surface area contributed by atoms with Crippen molar-refractivity contribution in [1.29, 1.82) is 0 Å². The molecular formula is C20H21ClN4O2. The van der Waals surface area contributed by atoms with Gasteiger partial charge >= 0.3 is 6.09 Å². The zero-order valence-electron chi connectivity index (χ0n) is 15.6. The number of fused-ring (bicyclic) bond motifs is 1. The number of amides is 1. The van der Waals surface area contributed by atoms with Crippen molar-refractivity contribution in [3.05, 3.63) is 47.4 Å². The maximum atomic E-state index is 12.1. The van der Waals surface area contributed by atoms with Gasteiger partial charge in [-0.25, -0.2) is 9.78 Å². The van der Waals surface area contributed by atoms with Crippen molar-refractivity contribution < 1.29 is 9.53 Å². The van der Waals surface area contributed by atoms with E-state index in [0.29, 0.717) is 16.5 Å². The topological polar surface area (TPSA) is 90.1 Å². The summed E-state index contributed by atoms with van der Waals surface area (Å²) in [6.07, 6.45) is 4.45. The van der Waals surface area contributed by atoms with E-state index in [4.69, 9.17) is 22.1 Å². The lowest BCUT2D eigenvalue weighted by molar-refractivity contribution is 0.0636. The SMILES string of the molecule is Cc1c(NC(=O)OC(C)(C)C)cncc1-c1cc(Cl)c2cnc(N)cc2c1. The van der Waals surface area contributed by atoms with Crippen molar-refractivity contribution in [2.24, 2.45) is 0 Å². The fourth-order valence-electron chi connectivity index (χ4n) is 2.74. The Hall–Kier alpha value is -2.86. The Labute approximate surface area is 162 Å². The van der Waals surface area contributed by atoms with Crippen LogP contribution in [-0.2, 0) is 4.74 Å². The van der Waals surface area contributed by atoms with Crippen LogP contribution in [0.5, 0.6) is 0 Å². The van der Waals surface area contributed by atoms with Gasteiger partial charge in [0.2, 0.25) is 0 Å². The highest BCUT2D eigenvalue weighted by Gasteiger charge is 2.18. The molecular weight excluding hydrogens is 364 g/mol. The monoisotopic (exact) mass is 384 g/mol. The van der Waals surface area contributed by atoms with Crippen LogP contribution in [-0.4, -0.2) is 21.7 Å². The maximum Gasteiger partial charge on any atom is 0.412 e. The van der Waals surface area contributed by atoms with Crippen LogP contribution >= 0.6 is 11.6 Å². The third-order valence-corrected chi connectivity index (χ3v) is 4.28. The van der Waals surface area contributed by atoms with Crippen molar-refractivity contribution in [2.45, 2.75) is 33.3 Å². The highest BCUT2D eigenvalue weighted by atomic mass is 35.5. The Balaban J connectivity index is 2.01. The molecule has 0 bridgehead atoms. The summed E-state index contributed by atoms with van der Waals surface area (Å²) in [4.78, 5) is 20.4. The zero-order valence-corrected chi connectivity index (χ0v) is 16.4. The molecule has 0 unspecified atom stereocenters. The van der Waals surface area contributed by atoms with E-state index in [9.17, 15) is 4.79 Å². The van der Waals surface area contributed by atoms with E-state index in [0.717, 1.165) is 27.5 Å². The Morgan fingerprint density at radius 1 is 1.19 bits per heavy atom. The lowest BCUT2D eigenvalue weighted by atomic mass is 9.99. The number of nitrogens with two attached hydrogens (primary N) is 1. The van der Waals surface area contributed by atoms with Crippen molar-refractivity contribution >= 4 is 40.0 Å². The van der Waals surface area contributed by atoms with Crippen molar-refractivity contribution in [3.63, 3.8) is 0 Å². The van der Waals surface area contributed by atoms with Crippen LogP contribution in [0, 0.1) is 6.92 Å². The minimum absolute atomic E-state index is 0.422. The Bertz CT molecular complexity index is 1030. The average molecular weight is 385 g/mol. The van der Waals surface area contributed by atoms with Crippen LogP contribution in [0.1, 0.15) is 26.3 Å². The number of hydrogen-bond donors (Lipinski definition) is 2. The third-order valence-electron chi connectivity index (χ3n) is 3.97. The number of pyridine rings is 2. The van der Waals surface area contributed by atoms with Gasteiger partial charge in [0, 0.05) is 23.3 Å². The zero-order chi connectivity index (χ0) is 19.8. The van der Waals surface area contributed by atoms with Crippen LogP contribution in [0.2, 0.25) is 5.02 Å². The van der Waals surface area contributed by atoms with Crippen LogP contribution in [0.4, 0.5) is 16.3 Å². The van der Waals surface area contributed by atoms with Crippen molar-refractivity contribution in [1.82, 2.24) is 9.97 Å². The van der Waals surface area contributed by atoms with Gasteiger partial charge in [-0.05, 0) is 62.4 Å². The van der Waals surface area contributed by atoms with E-state index in [1.165, 1.54) is 0 Å². The highest BCUT2D eigenvalue weighted by molar-refractivity contribution is 6.36. The molecule has 0 saturated carbocycles. The fraction of sp³-hybridized carbons (Fsp3) is 0.250. The first-order valence-corrected chi connectivity index (χ1v) is 8.81. The maximum absolute atomic E-state index is 12.1. The third kappa shape index (κ3) is 4.28. The molecule has 1 amide bonds. The predicted molar refractivity (Wildman–Crippen MR) is 109 cm³/mol. The summed E-state index contributed by atoms with van der Waals surface area (Å²) in [6, 6.07) is 5.60. The Morgan fingerprint density at radius 2 is 1.93 bits per heavy atom. The van der Waals surface area contributed by atoms with E-state index < -0.39 is 11.7 Å². The number of hydrogen-bond acceptors (Lipinski definition) is 5. The van der Waals surface area contributed by atoms with Gasteiger partial charge < -0.3 is 10.5 Å². The minimum Gasteiger partial charge on any atom is -0.444 e. The molecule has 0 radical (unpaired) electrons. The summed E-state index contributed by atoms with van der Waals surface area (Å²) < 4.78 is 5.31. The molecule has 0 spiro atoms.